The van der Waals surface area contributed by atoms with Crippen LogP contribution in [-0.4, -0.2) is 25.5 Å². The summed E-state index contributed by atoms with van der Waals surface area (Å²) in [5, 5.41) is 4.40. The number of carbonyl (C=O) groups excluding carboxylic acids is 1. The van der Waals surface area contributed by atoms with Gasteiger partial charge in [0.05, 0.1) is 5.39 Å². The van der Waals surface area contributed by atoms with Crippen LogP contribution in [0.25, 0.3) is 31.8 Å². The van der Waals surface area contributed by atoms with Gasteiger partial charge in [0.15, 0.2) is 11.9 Å². The molecule has 0 aliphatic rings. The maximum Gasteiger partial charge on any atom is 0.343 e. The Morgan fingerprint density at radius 1 is 1.28 bits per heavy atom. The number of nitrogens with one attached hydrogen (secondary N) is 1. The zero-order chi connectivity index (χ0) is 22.6. The summed E-state index contributed by atoms with van der Waals surface area (Å²) in [6.07, 6.45) is 0.456. The van der Waals surface area contributed by atoms with Gasteiger partial charge in [0, 0.05) is 22.9 Å². The maximum absolute atomic E-state index is 12.9. The molecule has 0 radical (unpaired) electrons. The molecule has 11 heteroatoms. The summed E-state index contributed by atoms with van der Waals surface area (Å²) >= 11 is 2.89. The van der Waals surface area contributed by atoms with Crippen molar-refractivity contribution in [1.29, 1.82) is 0 Å². The van der Waals surface area contributed by atoms with Crippen molar-refractivity contribution in [3.63, 3.8) is 0 Å². The van der Waals surface area contributed by atoms with E-state index in [0.717, 1.165) is 10.4 Å². The van der Waals surface area contributed by atoms with E-state index in [0.29, 0.717) is 10.2 Å². The van der Waals surface area contributed by atoms with E-state index in [1.165, 1.54) is 29.3 Å². The molecule has 0 aliphatic carbocycles. The number of carbonyl (C=O) groups is 1. The van der Waals surface area contributed by atoms with Crippen LogP contribution in [-0.2, 0) is 11.8 Å². The largest absolute Gasteiger partial charge is 0.451 e. The number of hydrogen-bond acceptors (Lipinski definition) is 9. The van der Waals surface area contributed by atoms with Crippen LogP contribution in [0.2, 0.25) is 0 Å². The van der Waals surface area contributed by atoms with Crippen molar-refractivity contribution in [1.82, 2.24) is 19.5 Å². The van der Waals surface area contributed by atoms with E-state index >= 15 is 0 Å². The number of furan rings is 1. The van der Waals surface area contributed by atoms with E-state index in [-0.39, 0.29) is 33.8 Å². The highest BCUT2D eigenvalue weighted by Gasteiger charge is 2.26. The first-order chi connectivity index (χ1) is 15.3. The number of ether oxygens (including phenoxy) is 1. The Bertz CT molecular complexity index is 1610. The van der Waals surface area contributed by atoms with Gasteiger partial charge in [-0.25, -0.2) is 14.8 Å². The Morgan fingerprint density at radius 3 is 2.84 bits per heavy atom. The van der Waals surface area contributed by atoms with Crippen LogP contribution >= 0.6 is 22.7 Å². The highest BCUT2D eigenvalue weighted by molar-refractivity contribution is 7.18. The topological polar surface area (TPSA) is 120 Å². The quantitative estimate of drug-likeness (QED) is 0.399. The number of thiophene rings is 2. The molecule has 5 rings (SSSR count). The fourth-order valence-corrected chi connectivity index (χ4v) is 5.25. The van der Waals surface area contributed by atoms with Crippen molar-refractivity contribution in [2.45, 2.75) is 20.0 Å². The summed E-state index contributed by atoms with van der Waals surface area (Å²) in [7, 11) is 1.53. The van der Waals surface area contributed by atoms with Gasteiger partial charge in [0.1, 0.15) is 27.9 Å². The summed E-state index contributed by atoms with van der Waals surface area (Å²) in [5.41, 5.74) is 0.186. The molecular formula is C21H16N4O5S2. The lowest BCUT2D eigenvalue weighted by atomic mass is 10.2. The molecule has 162 valence electrons. The second-order valence-electron chi connectivity index (χ2n) is 7.18. The third kappa shape index (κ3) is 3.17. The molecule has 5 aromatic heterocycles. The number of nitrogens with zero attached hydrogens (tertiary/aromatic N) is 3. The summed E-state index contributed by atoms with van der Waals surface area (Å²) in [5.74, 6) is -0.317. The molecule has 0 fully saturated rings. The van der Waals surface area contributed by atoms with Crippen molar-refractivity contribution >= 4 is 50.0 Å². The van der Waals surface area contributed by atoms with E-state index in [1.54, 1.807) is 25.2 Å². The molecule has 0 spiro atoms. The van der Waals surface area contributed by atoms with E-state index in [1.807, 2.05) is 22.9 Å². The number of aryl methyl sites for hydroxylation is 2. The highest BCUT2D eigenvalue weighted by atomic mass is 32.1. The van der Waals surface area contributed by atoms with Gasteiger partial charge >= 0.3 is 5.97 Å². The van der Waals surface area contributed by atoms with Crippen LogP contribution in [0.5, 0.6) is 0 Å². The third-order valence-corrected chi connectivity index (χ3v) is 6.85. The molecule has 1 unspecified atom stereocenters. The van der Waals surface area contributed by atoms with E-state index in [2.05, 4.69) is 15.0 Å². The first-order valence-corrected chi connectivity index (χ1v) is 11.3. The van der Waals surface area contributed by atoms with Crippen LogP contribution in [0, 0.1) is 6.92 Å². The second-order valence-corrected chi connectivity index (χ2v) is 8.99. The number of fused-ring (bicyclic) bond motifs is 2. The lowest BCUT2D eigenvalue weighted by Gasteiger charge is -2.12. The molecule has 32 heavy (non-hydrogen) atoms. The van der Waals surface area contributed by atoms with Crippen molar-refractivity contribution < 1.29 is 13.9 Å². The van der Waals surface area contributed by atoms with Crippen LogP contribution in [0.1, 0.15) is 35.0 Å². The van der Waals surface area contributed by atoms with E-state index in [4.69, 9.17) is 9.15 Å². The summed E-state index contributed by atoms with van der Waals surface area (Å²) in [4.78, 5) is 51.1. The average Bonchev–Trinajstić information content (AvgIpc) is 3.48. The Labute approximate surface area is 187 Å². The van der Waals surface area contributed by atoms with E-state index < -0.39 is 17.6 Å². The van der Waals surface area contributed by atoms with Crippen molar-refractivity contribution in [2.75, 3.05) is 0 Å². The normalized spacial score (nSPS) is 12.5. The number of aromatic amines is 1. The zero-order valence-corrected chi connectivity index (χ0v) is 18.8. The van der Waals surface area contributed by atoms with Gasteiger partial charge in [-0.3, -0.25) is 9.59 Å². The number of esters is 1. The molecule has 0 aliphatic heterocycles. The first kappa shape index (κ1) is 20.3. The molecule has 9 nitrogen and oxygen atoms in total. The summed E-state index contributed by atoms with van der Waals surface area (Å²) < 4.78 is 12.3. The SMILES string of the molecule is Cc1oc2ncn(C)c(=O)c2c1C(=O)OC(C)c1nc2scc(-c3cccs3)c2c(=O)[nH]1. The van der Waals surface area contributed by atoms with Crippen molar-refractivity contribution in [3.8, 4) is 10.4 Å². The molecular weight excluding hydrogens is 452 g/mol. The Balaban J connectivity index is 1.50. The highest BCUT2D eigenvalue weighted by Crippen LogP contribution is 2.34. The molecule has 5 heterocycles. The monoisotopic (exact) mass is 468 g/mol. The van der Waals surface area contributed by atoms with Crippen LogP contribution < -0.4 is 11.1 Å². The van der Waals surface area contributed by atoms with Gasteiger partial charge in [-0.2, -0.15) is 0 Å². The fraction of sp³-hybridized carbons (Fsp3) is 0.190. The minimum absolute atomic E-state index is 0.0140. The first-order valence-electron chi connectivity index (χ1n) is 9.56. The standard InChI is InChI=1S/C21H16N4O5S2/c1-9-13(15-18(29-9)22-8-25(3)20(15)27)21(28)30-10(2)16-23-17(26)14-11(7-32-19(14)24-16)12-5-4-6-31-12/h4-8,10H,1-3H3,(H,23,24,26). The summed E-state index contributed by atoms with van der Waals surface area (Å²) in [6, 6.07) is 3.87. The third-order valence-electron chi connectivity index (χ3n) is 5.07. The molecule has 0 bridgehead atoms. The lowest BCUT2D eigenvalue weighted by molar-refractivity contribution is 0.0320. The van der Waals surface area contributed by atoms with Crippen LogP contribution in [0.3, 0.4) is 0 Å². The number of H-pyrrole nitrogens is 1. The Kier molecular flexibility index (Phi) is 4.79. The Hall–Kier alpha value is -3.57. The van der Waals surface area contributed by atoms with Gasteiger partial charge < -0.3 is 18.7 Å². The summed E-state index contributed by atoms with van der Waals surface area (Å²) in [6.45, 7) is 3.16. The fourth-order valence-electron chi connectivity index (χ4n) is 3.48. The van der Waals surface area contributed by atoms with Crippen molar-refractivity contribution in [3.05, 3.63) is 67.1 Å². The molecule has 1 N–H and O–H groups in total. The molecule has 0 saturated heterocycles. The molecule has 0 saturated carbocycles. The van der Waals surface area contributed by atoms with Crippen LogP contribution in [0.4, 0.5) is 0 Å². The van der Waals surface area contributed by atoms with Gasteiger partial charge in [-0.05, 0) is 25.3 Å². The Morgan fingerprint density at radius 2 is 2.09 bits per heavy atom. The van der Waals surface area contributed by atoms with E-state index in [9.17, 15) is 14.4 Å². The smallest absolute Gasteiger partial charge is 0.343 e. The van der Waals surface area contributed by atoms with Gasteiger partial charge in [-0.15, -0.1) is 22.7 Å². The van der Waals surface area contributed by atoms with Gasteiger partial charge in [0.25, 0.3) is 11.1 Å². The predicted octanol–water partition coefficient (Wildman–Crippen LogP) is 3.78. The van der Waals surface area contributed by atoms with Crippen LogP contribution in [0.15, 0.2) is 43.2 Å². The molecule has 0 amide bonds. The zero-order valence-electron chi connectivity index (χ0n) is 17.2. The molecule has 1 atom stereocenters. The maximum atomic E-state index is 12.9. The second kappa shape index (κ2) is 7.53. The van der Waals surface area contributed by atoms with Gasteiger partial charge in [-0.1, -0.05) is 6.07 Å². The minimum Gasteiger partial charge on any atom is -0.451 e. The molecule has 5 aromatic rings. The lowest BCUT2D eigenvalue weighted by Crippen LogP contribution is -2.20. The predicted molar refractivity (Wildman–Crippen MR) is 121 cm³/mol. The minimum atomic E-state index is -0.864. The molecule has 0 aromatic carbocycles. The number of aromatic nitrogens is 4. The number of hydrogen-bond donors (Lipinski definition) is 1. The number of rotatable bonds is 4. The van der Waals surface area contributed by atoms with Crippen molar-refractivity contribution in [2.24, 2.45) is 7.05 Å². The van der Waals surface area contributed by atoms with Gasteiger partial charge in [0.2, 0.25) is 5.71 Å². The average molecular weight is 469 g/mol.